The van der Waals surface area contributed by atoms with Gasteiger partial charge in [0.1, 0.15) is 0 Å². The molecular formula is C21H46N6S3+2. The van der Waals surface area contributed by atoms with E-state index in [9.17, 15) is 0 Å². The molecule has 6 nitrogen and oxygen atoms in total. The number of nitrogens with zero attached hydrogens (tertiary/aromatic N) is 4. The third-order valence-electron chi connectivity index (χ3n) is 6.70. The van der Waals surface area contributed by atoms with Gasteiger partial charge in [-0.25, -0.2) is 9.80 Å². The molecule has 3 aliphatic heterocycles. The fourth-order valence-corrected chi connectivity index (χ4v) is 8.93. The minimum atomic E-state index is 0.660. The Bertz CT molecular complexity index is 445. The van der Waals surface area contributed by atoms with E-state index in [1.54, 1.807) is 9.80 Å². The van der Waals surface area contributed by atoms with Crippen LogP contribution in [0.4, 0.5) is 0 Å². The lowest BCUT2D eigenvalue weighted by molar-refractivity contribution is -0.901. The Labute approximate surface area is 199 Å². The second-order valence-electron chi connectivity index (χ2n) is 8.12. The monoisotopic (exact) mass is 478 g/mol. The van der Waals surface area contributed by atoms with E-state index in [1.807, 2.05) is 0 Å². The van der Waals surface area contributed by atoms with Gasteiger partial charge in [-0.15, -0.1) is 0 Å². The number of likely N-dealkylation sites (N-methyl/N-ethyl adjacent to an activating group) is 6. The zero-order valence-corrected chi connectivity index (χ0v) is 22.6. The van der Waals surface area contributed by atoms with Crippen molar-refractivity contribution in [1.29, 1.82) is 0 Å². The Balaban J connectivity index is 0.000000269. The molecule has 3 saturated heterocycles. The fourth-order valence-electron chi connectivity index (χ4n) is 4.51. The number of rotatable bonds is 9. The molecule has 3 aliphatic rings. The molecule has 30 heavy (non-hydrogen) atoms. The number of hydrogen-bond acceptors (Lipinski definition) is 5. The van der Waals surface area contributed by atoms with E-state index in [0.717, 1.165) is 31.3 Å². The summed E-state index contributed by atoms with van der Waals surface area (Å²) in [6.45, 7) is 27.9. The molecule has 0 amide bonds. The first-order chi connectivity index (χ1) is 14.5. The molecule has 0 radical (unpaired) electrons. The van der Waals surface area contributed by atoms with Gasteiger partial charge in [0.2, 0.25) is 11.0 Å². The second kappa shape index (κ2) is 13.7. The first kappa shape index (κ1) is 26.5. The Morgan fingerprint density at radius 2 is 1.10 bits per heavy atom. The lowest BCUT2D eigenvalue weighted by atomic mass is 10.6. The fraction of sp³-hybridized carbons (Fsp3) is 0.952. The highest BCUT2D eigenvalue weighted by Gasteiger charge is 2.39. The molecular weight excluding hydrogens is 432 g/mol. The van der Waals surface area contributed by atoms with E-state index in [2.05, 4.69) is 82.7 Å². The van der Waals surface area contributed by atoms with Gasteiger partial charge in [0.15, 0.2) is 5.11 Å². The Kier molecular flexibility index (Phi) is 12.1. The van der Waals surface area contributed by atoms with Gasteiger partial charge >= 0.3 is 0 Å². The van der Waals surface area contributed by atoms with Crippen molar-refractivity contribution in [2.75, 3.05) is 78.5 Å². The molecule has 4 unspecified atom stereocenters. The quantitative estimate of drug-likeness (QED) is 0.364. The van der Waals surface area contributed by atoms with Gasteiger partial charge in [-0.3, -0.25) is 0 Å². The van der Waals surface area contributed by atoms with Crippen molar-refractivity contribution in [1.82, 2.24) is 19.6 Å². The Morgan fingerprint density at radius 1 is 0.700 bits per heavy atom. The van der Waals surface area contributed by atoms with Crippen molar-refractivity contribution in [3.63, 3.8) is 0 Å². The van der Waals surface area contributed by atoms with E-state index in [0.29, 0.717) is 11.0 Å². The van der Waals surface area contributed by atoms with Crippen molar-refractivity contribution in [3.05, 3.63) is 0 Å². The summed E-state index contributed by atoms with van der Waals surface area (Å²) in [5, 5.41) is 1.03. The molecule has 0 aromatic heterocycles. The highest BCUT2D eigenvalue weighted by molar-refractivity contribution is 8.77. The first-order valence-electron chi connectivity index (χ1n) is 12.1. The summed E-state index contributed by atoms with van der Waals surface area (Å²) < 4.78 is 0. The largest absolute Gasteiger partial charge is 0.348 e. The normalized spacial score (nSPS) is 30.3. The topological polar surface area (TPSA) is 21.8 Å². The summed E-state index contributed by atoms with van der Waals surface area (Å²) in [5.41, 5.74) is 1.32. The number of hydrogen-bond donors (Lipinski definition) is 2. The summed E-state index contributed by atoms with van der Waals surface area (Å²) in [7, 11) is 4.26. The van der Waals surface area contributed by atoms with E-state index in [-0.39, 0.29) is 0 Å². The van der Waals surface area contributed by atoms with E-state index < -0.39 is 0 Å². The summed E-state index contributed by atoms with van der Waals surface area (Å²) in [6.07, 6.45) is 0. The molecule has 3 rings (SSSR count). The zero-order chi connectivity index (χ0) is 22.1. The van der Waals surface area contributed by atoms with Gasteiger partial charge in [-0.2, -0.15) is 0 Å². The van der Waals surface area contributed by atoms with Crippen LogP contribution >= 0.6 is 33.8 Å². The molecule has 0 aromatic carbocycles. The van der Waals surface area contributed by atoms with Crippen LogP contribution in [-0.2, 0) is 0 Å². The summed E-state index contributed by atoms with van der Waals surface area (Å²) in [4.78, 5) is 13.3. The van der Waals surface area contributed by atoms with Gasteiger partial charge in [0.25, 0.3) is 0 Å². The van der Waals surface area contributed by atoms with Crippen LogP contribution in [-0.4, -0.2) is 114 Å². The van der Waals surface area contributed by atoms with Crippen molar-refractivity contribution >= 4 is 38.9 Å². The van der Waals surface area contributed by atoms with Crippen LogP contribution in [0.15, 0.2) is 0 Å². The molecule has 0 spiro atoms. The molecule has 0 bridgehead atoms. The number of thiocarbonyl (C=S) groups is 1. The summed E-state index contributed by atoms with van der Waals surface area (Å²) in [6, 6.07) is 0. The lowest BCUT2D eigenvalue weighted by Crippen LogP contribution is -3.14. The SMILES string of the molecule is CCN1CCN(CC)C1=S.CCN1CC[NH+](CC)C1SSC1N(CC)CC[NH+]1CC. The van der Waals surface area contributed by atoms with Crippen molar-refractivity contribution in [2.24, 2.45) is 0 Å². The molecule has 9 heteroatoms. The predicted octanol–water partition coefficient (Wildman–Crippen LogP) is 0.344. The number of quaternary nitrogens is 2. The van der Waals surface area contributed by atoms with Crippen LogP contribution in [0, 0.1) is 0 Å². The maximum absolute atomic E-state index is 5.21. The molecule has 176 valence electrons. The third kappa shape index (κ3) is 6.62. The minimum Gasteiger partial charge on any atom is -0.348 e. The second-order valence-corrected chi connectivity index (χ2v) is 10.9. The van der Waals surface area contributed by atoms with Gasteiger partial charge in [0.05, 0.1) is 39.3 Å². The van der Waals surface area contributed by atoms with Gasteiger partial charge < -0.3 is 19.6 Å². The maximum atomic E-state index is 5.21. The zero-order valence-electron chi connectivity index (χ0n) is 20.2. The van der Waals surface area contributed by atoms with Crippen LogP contribution < -0.4 is 9.80 Å². The molecule has 4 atom stereocenters. The molecule has 0 saturated carbocycles. The average Bonchev–Trinajstić information content (AvgIpc) is 3.47. The van der Waals surface area contributed by atoms with E-state index >= 15 is 0 Å². The maximum Gasteiger partial charge on any atom is 0.202 e. The van der Waals surface area contributed by atoms with Crippen molar-refractivity contribution < 1.29 is 9.80 Å². The summed E-state index contributed by atoms with van der Waals surface area (Å²) >= 11 is 5.21. The molecule has 0 aliphatic carbocycles. The van der Waals surface area contributed by atoms with Crippen LogP contribution in [0.2, 0.25) is 0 Å². The standard InChI is InChI=1S/C14H30N4S2.C7H14N2S/c1-5-15-9-10-16(6-2)13(15)19-20-14-17(7-3)11-12-18(14)8-4;1-3-8-5-6-9(4-2)7(8)10/h13-14H,5-12H2,1-4H3;3-6H2,1-2H3/p+2. The molecule has 0 aromatic rings. The first-order valence-corrected chi connectivity index (χ1v) is 14.8. The minimum absolute atomic E-state index is 0.660. The van der Waals surface area contributed by atoms with Crippen molar-refractivity contribution in [3.8, 4) is 0 Å². The Morgan fingerprint density at radius 3 is 1.37 bits per heavy atom. The van der Waals surface area contributed by atoms with E-state index in [1.165, 1.54) is 52.4 Å². The predicted molar refractivity (Wildman–Crippen MR) is 137 cm³/mol. The van der Waals surface area contributed by atoms with Gasteiger partial charge in [-0.1, -0.05) is 13.8 Å². The molecule has 2 N–H and O–H groups in total. The molecule has 3 fully saturated rings. The highest BCUT2D eigenvalue weighted by Crippen LogP contribution is 2.31. The van der Waals surface area contributed by atoms with Crippen LogP contribution in [0.5, 0.6) is 0 Å². The highest BCUT2D eigenvalue weighted by atomic mass is 33.1. The summed E-state index contributed by atoms with van der Waals surface area (Å²) in [5.74, 6) is 0. The average molecular weight is 479 g/mol. The smallest absolute Gasteiger partial charge is 0.202 e. The van der Waals surface area contributed by atoms with E-state index in [4.69, 9.17) is 12.2 Å². The van der Waals surface area contributed by atoms with Crippen LogP contribution in [0.25, 0.3) is 0 Å². The molecule has 3 heterocycles. The van der Waals surface area contributed by atoms with Gasteiger partial charge in [-0.05, 0) is 61.5 Å². The van der Waals surface area contributed by atoms with Gasteiger partial charge in [0, 0.05) is 39.3 Å². The third-order valence-corrected chi connectivity index (χ3v) is 10.4. The lowest BCUT2D eigenvalue weighted by Gasteiger charge is -2.28. The van der Waals surface area contributed by atoms with Crippen LogP contribution in [0.1, 0.15) is 41.5 Å². The number of nitrogens with one attached hydrogen (secondary N) is 2. The van der Waals surface area contributed by atoms with Crippen molar-refractivity contribution in [2.45, 2.75) is 52.5 Å². The van der Waals surface area contributed by atoms with Crippen LogP contribution in [0.3, 0.4) is 0 Å². The Hall–Kier alpha value is 0.230.